The summed E-state index contributed by atoms with van der Waals surface area (Å²) in [5, 5.41) is 4.52. The van der Waals surface area contributed by atoms with Crippen LogP contribution in [0.25, 0.3) is 0 Å². The van der Waals surface area contributed by atoms with Gasteiger partial charge in [-0.15, -0.1) is 0 Å². The maximum atomic E-state index is 5.62. The van der Waals surface area contributed by atoms with Crippen LogP contribution < -0.4 is 11.3 Å². The maximum Gasteiger partial charge on any atom is 0.125 e. The van der Waals surface area contributed by atoms with Gasteiger partial charge in [0.1, 0.15) is 5.82 Å². The van der Waals surface area contributed by atoms with Crippen molar-refractivity contribution in [3.05, 3.63) is 41.7 Å². The van der Waals surface area contributed by atoms with Crippen LogP contribution in [0.15, 0.2) is 24.5 Å². The van der Waals surface area contributed by atoms with E-state index >= 15 is 0 Å². The quantitative estimate of drug-likeness (QED) is 0.625. The van der Waals surface area contributed by atoms with Gasteiger partial charge in [-0.2, -0.15) is 5.10 Å². The molecule has 0 fully saturated rings. The lowest BCUT2D eigenvalue weighted by molar-refractivity contribution is 0.501. The lowest BCUT2D eigenvalue weighted by atomic mass is 10.1. The molecule has 6 nitrogen and oxygen atoms in total. The summed E-state index contributed by atoms with van der Waals surface area (Å²) in [7, 11) is 0. The minimum absolute atomic E-state index is 0.0581. The molecule has 102 valence electrons. The van der Waals surface area contributed by atoms with Crippen molar-refractivity contribution in [1.29, 1.82) is 0 Å². The fourth-order valence-electron chi connectivity index (χ4n) is 1.90. The van der Waals surface area contributed by atoms with E-state index < -0.39 is 0 Å². The SMILES string of the molecule is Cc1nccc(C(Cc2ccn(C(C)C)n2)NN)n1. The first-order valence-electron chi connectivity index (χ1n) is 6.40. The van der Waals surface area contributed by atoms with Gasteiger partial charge in [0.2, 0.25) is 0 Å². The molecule has 6 heteroatoms. The smallest absolute Gasteiger partial charge is 0.125 e. The Kier molecular flexibility index (Phi) is 4.24. The maximum absolute atomic E-state index is 5.62. The number of nitrogens with two attached hydrogens (primary N) is 1. The summed E-state index contributed by atoms with van der Waals surface area (Å²) < 4.78 is 1.94. The molecule has 2 heterocycles. The molecule has 0 aromatic carbocycles. The summed E-state index contributed by atoms with van der Waals surface area (Å²) in [6, 6.07) is 4.19. The van der Waals surface area contributed by atoms with E-state index in [9.17, 15) is 0 Å². The van der Waals surface area contributed by atoms with Gasteiger partial charge in [0.25, 0.3) is 0 Å². The summed E-state index contributed by atoms with van der Waals surface area (Å²) in [6.07, 6.45) is 4.43. The molecule has 3 N–H and O–H groups in total. The molecule has 0 saturated carbocycles. The van der Waals surface area contributed by atoms with E-state index in [1.807, 2.05) is 29.9 Å². The van der Waals surface area contributed by atoms with Crippen molar-refractivity contribution in [2.45, 2.75) is 39.3 Å². The van der Waals surface area contributed by atoms with Crippen LogP contribution in [0.2, 0.25) is 0 Å². The largest absolute Gasteiger partial charge is 0.271 e. The minimum Gasteiger partial charge on any atom is -0.271 e. The molecule has 2 rings (SSSR count). The standard InChI is InChI=1S/C13H20N6/c1-9(2)19-7-5-11(18-19)8-13(17-14)12-4-6-15-10(3)16-12/h4-7,9,13,17H,8,14H2,1-3H3. The van der Waals surface area contributed by atoms with E-state index in [0.717, 1.165) is 17.2 Å². The zero-order valence-electron chi connectivity index (χ0n) is 11.5. The Morgan fingerprint density at radius 2 is 2.16 bits per heavy atom. The number of nitrogens with zero attached hydrogens (tertiary/aromatic N) is 4. The minimum atomic E-state index is -0.0581. The summed E-state index contributed by atoms with van der Waals surface area (Å²) in [6.45, 7) is 6.07. The second-order valence-electron chi connectivity index (χ2n) is 4.83. The third-order valence-corrected chi connectivity index (χ3v) is 2.96. The van der Waals surface area contributed by atoms with E-state index in [-0.39, 0.29) is 6.04 Å². The number of nitrogens with one attached hydrogen (secondary N) is 1. The number of aromatic nitrogens is 4. The third-order valence-electron chi connectivity index (χ3n) is 2.96. The molecule has 0 aliphatic heterocycles. The van der Waals surface area contributed by atoms with Crippen LogP contribution in [0.1, 0.15) is 43.1 Å². The van der Waals surface area contributed by atoms with Crippen LogP contribution in [0.5, 0.6) is 0 Å². The molecule has 0 saturated heterocycles. The molecule has 0 aliphatic rings. The highest BCUT2D eigenvalue weighted by atomic mass is 15.3. The zero-order chi connectivity index (χ0) is 13.8. The Labute approximate surface area is 113 Å². The van der Waals surface area contributed by atoms with Gasteiger partial charge in [-0.1, -0.05) is 0 Å². The van der Waals surface area contributed by atoms with Crippen LogP contribution in [-0.4, -0.2) is 19.7 Å². The highest BCUT2D eigenvalue weighted by Gasteiger charge is 2.14. The number of hydrazine groups is 1. The van der Waals surface area contributed by atoms with Gasteiger partial charge in [0.05, 0.1) is 17.4 Å². The number of rotatable bonds is 5. The zero-order valence-corrected chi connectivity index (χ0v) is 11.5. The Morgan fingerprint density at radius 1 is 1.37 bits per heavy atom. The van der Waals surface area contributed by atoms with Crippen molar-refractivity contribution in [1.82, 2.24) is 25.2 Å². The van der Waals surface area contributed by atoms with Gasteiger partial charge in [-0.05, 0) is 32.9 Å². The van der Waals surface area contributed by atoms with Gasteiger partial charge in [-0.25, -0.2) is 9.97 Å². The van der Waals surface area contributed by atoms with Crippen LogP contribution in [-0.2, 0) is 6.42 Å². The predicted octanol–water partition coefficient (Wildman–Crippen LogP) is 1.31. The summed E-state index contributed by atoms with van der Waals surface area (Å²) in [4.78, 5) is 8.49. The van der Waals surface area contributed by atoms with Crippen molar-refractivity contribution in [2.24, 2.45) is 5.84 Å². The average Bonchev–Trinajstić information content (AvgIpc) is 2.84. The van der Waals surface area contributed by atoms with E-state index in [2.05, 4.69) is 34.3 Å². The van der Waals surface area contributed by atoms with Crippen molar-refractivity contribution in [3.63, 3.8) is 0 Å². The molecule has 0 spiro atoms. The fourth-order valence-corrected chi connectivity index (χ4v) is 1.90. The first-order chi connectivity index (χ1) is 9.10. The Morgan fingerprint density at radius 3 is 2.74 bits per heavy atom. The Hall–Kier alpha value is -1.79. The van der Waals surface area contributed by atoms with Gasteiger partial charge in [0.15, 0.2) is 0 Å². The Balaban J connectivity index is 2.14. The van der Waals surface area contributed by atoms with Gasteiger partial charge >= 0.3 is 0 Å². The first kappa shape index (κ1) is 13.6. The number of aryl methyl sites for hydroxylation is 1. The molecule has 19 heavy (non-hydrogen) atoms. The molecule has 2 aromatic rings. The molecule has 0 bridgehead atoms. The van der Waals surface area contributed by atoms with Crippen LogP contribution >= 0.6 is 0 Å². The van der Waals surface area contributed by atoms with Crippen LogP contribution in [0.3, 0.4) is 0 Å². The molecule has 2 aromatic heterocycles. The number of hydrogen-bond donors (Lipinski definition) is 2. The monoisotopic (exact) mass is 260 g/mol. The van der Waals surface area contributed by atoms with Crippen LogP contribution in [0.4, 0.5) is 0 Å². The lowest BCUT2D eigenvalue weighted by Gasteiger charge is -2.14. The van der Waals surface area contributed by atoms with Crippen molar-refractivity contribution >= 4 is 0 Å². The lowest BCUT2D eigenvalue weighted by Crippen LogP contribution is -2.30. The topological polar surface area (TPSA) is 81.7 Å². The van der Waals surface area contributed by atoms with E-state index in [1.165, 1.54) is 0 Å². The van der Waals surface area contributed by atoms with Gasteiger partial charge in [0, 0.05) is 24.9 Å². The third kappa shape index (κ3) is 3.36. The van der Waals surface area contributed by atoms with E-state index in [0.29, 0.717) is 12.5 Å². The Bertz CT molecular complexity index is 533. The van der Waals surface area contributed by atoms with E-state index in [4.69, 9.17) is 5.84 Å². The normalized spacial score (nSPS) is 12.9. The molecular formula is C13H20N6. The van der Waals surface area contributed by atoms with Crippen molar-refractivity contribution in [3.8, 4) is 0 Å². The first-order valence-corrected chi connectivity index (χ1v) is 6.40. The van der Waals surface area contributed by atoms with Crippen molar-refractivity contribution < 1.29 is 0 Å². The number of hydrogen-bond acceptors (Lipinski definition) is 5. The molecule has 0 aliphatic carbocycles. The summed E-state index contributed by atoms with van der Waals surface area (Å²) >= 11 is 0. The average molecular weight is 260 g/mol. The molecule has 0 amide bonds. The summed E-state index contributed by atoms with van der Waals surface area (Å²) in [5.74, 6) is 6.37. The van der Waals surface area contributed by atoms with Crippen LogP contribution in [0, 0.1) is 6.92 Å². The highest BCUT2D eigenvalue weighted by Crippen LogP contribution is 2.15. The molecule has 1 atom stereocenters. The highest BCUT2D eigenvalue weighted by molar-refractivity contribution is 5.12. The van der Waals surface area contributed by atoms with E-state index in [1.54, 1.807) is 6.20 Å². The second kappa shape index (κ2) is 5.90. The molecular weight excluding hydrogens is 240 g/mol. The molecule has 0 radical (unpaired) electrons. The van der Waals surface area contributed by atoms with Gasteiger partial charge < -0.3 is 0 Å². The van der Waals surface area contributed by atoms with Gasteiger partial charge in [-0.3, -0.25) is 16.0 Å². The predicted molar refractivity (Wildman–Crippen MR) is 73.1 cm³/mol. The summed E-state index contributed by atoms with van der Waals surface area (Å²) in [5.41, 5.74) is 4.67. The second-order valence-corrected chi connectivity index (χ2v) is 4.83. The van der Waals surface area contributed by atoms with Crippen molar-refractivity contribution in [2.75, 3.05) is 0 Å². The fraction of sp³-hybridized carbons (Fsp3) is 0.462. The molecule has 1 unspecified atom stereocenters.